The van der Waals surface area contributed by atoms with Crippen molar-refractivity contribution in [2.24, 2.45) is 0 Å². The number of carbonyl (C=O) groups excluding carboxylic acids is 1. The molecule has 0 fully saturated rings. The first kappa shape index (κ1) is 13.5. The summed E-state index contributed by atoms with van der Waals surface area (Å²) in [4.78, 5) is 13.7. The van der Waals surface area contributed by atoms with Crippen molar-refractivity contribution in [1.82, 2.24) is 4.90 Å². The third kappa shape index (κ3) is 3.44. The maximum atomic E-state index is 13.5. The molecule has 0 saturated heterocycles. The quantitative estimate of drug-likeness (QED) is 0.802. The van der Waals surface area contributed by atoms with Crippen LogP contribution < -0.4 is 5.73 Å². The molecule has 0 heterocycles. The summed E-state index contributed by atoms with van der Waals surface area (Å²) in [6, 6.07) is 4.08. The molecule has 0 saturated carbocycles. The molecule has 94 valence electrons. The van der Waals surface area contributed by atoms with Gasteiger partial charge < -0.3 is 10.6 Å². The predicted octanol–water partition coefficient (Wildman–Crippen LogP) is 2.67. The number of hydrogen-bond donors (Lipinski definition) is 1. The van der Waals surface area contributed by atoms with Crippen LogP contribution in [0, 0.1) is 5.82 Å². The summed E-state index contributed by atoms with van der Waals surface area (Å²) in [7, 11) is 0. The fourth-order valence-corrected chi connectivity index (χ4v) is 1.63. The number of nitrogens with two attached hydrogens (primary N) is 1. The number of anilines is 1. The summed E-state index contributed by atoms with van der Waals surface area (Å²) in [5.41, 5.74) is 6.03. The highest BCUT2D eigenvalue weighted by molar-refractivity contribution is 5.95. The van der Waals surface area contributed by atoms with Gasteiger partial charge in [0.2, 0.25) is 0 Å². The molecule has 0 atom stereocenters. The number of benzene rings is 1. The number of amides is 1. The molecule has 0 aromatic heterocycles. The summed E-state index contributed by atoms with van der Waals surface area (Å²) in [6.45, 7) is 5.17. The van der Waals surface area contributed by atoms with Gasteiger partial charge in [-0.3, -0.25) is 4.79 Å². The van der Waals surface area contributed by atoms with Crippen molar-refractivity contribution in [3.8, 4) is 0 Å². The van der Waals surface area contributed by atoms with Crippen LogP contribution in [0.3, 0.4) is 0 Å². The van der Waals surface area contributed by atoms with Crippen molar-refractivity contribution < 1.29 is 9.18 Å². The van der Waals surface area contributed by atoms with Gasteiger partial charge in [0.25, 0.3) is 5.91 Å². The van der Waals surface area contributed by atoms with Crippen molar-refractivity contribution in [2.75, 3.05) is 18.8 Å². The number of rotatable bonds is 5. The maximum absolute atomic E-state index is 13.5. The number of nitrogens with zero attached hydrogens (tertiary/aromatic N) is 1. The van der Waals surface area contributed by atoms with E-state index in [4.69, 9.17) is 5.73 Å². The van der Waals surface area contributed by atoms with Crippen molar-refractivity contribution >= 4 is 11.6 Å². The minimum Gasteiger partial charge on any atom is -0.399 e. The van der Waals surface area contributed by atoms with Gasteiger partial charge in [-0.1, -0.05) is 13.3 Å². The van der Waals surface area contributed by atoms with E-state index in [0.717, 1.165) is 12.8 Å². The zero-order valence-corrected chi connectivity index (χ0v) is 10.4. The molecule has 0 radical (unpaired) electrons. The number of carbonyl (C=O) groups is 1. The van der Waals surface area contributed by atoms with Gasteiger partial charge in [0.15, 0.2) is 0 Å². The van der Waals surface area contributed by atoms with Crippen molar-refractivity contribution in [1.29, 1.82) is 0 Å². The van der Waals surface area contributed by atoms with Crippen LogP contribution in [0.5, 0.6) is 0 Å². The van der Waals surface area contributed by atoms with Gasteiger partial charge in [0.05, 0.1) is 5.56 Å². The predicted molar refractivity (Wildman–Crippen MR) is 67.3 cm³/mol. The SMILES string of the molecule is CCCCN(CC)C(=O)c1cc(N)ccc1F. The van der Waals surface area contributed by atoms with E-state index in [2.05, 4.69) is 6.92 Å². The Bertz CT molecular complexity index is 393. The van der Waals surface area contributed by atoms with Crippen molar-refractivity contribution in [3.05, 3.63) is 29.6 Å². The Kier molecular flexibility index (Phi) is 4.94. The summed E-state index contributed by atoms with van der Waals surface area (Å²) >= 11 is 0. The van der Waals surface area contributed by atoms with E-state index in [1.54, 1.807) is 4.90 Å². The van der Waals surface area contributed by atoms with Gasteiger partial charge in [-0.05, 0) is 31.5 Å². The molecule has 1 amide bonds. The van der Waals surface area contributed by atoms with Crippen LogP contribution in [0.1, 0.15) is 37.0 Å². The van der Waals surface area contributed by atoms with Gasteiger partial charge in [0.1, 0.15) is 5.82 Å². The average Bonchev–Trinajstić information content (AvgIpc) is 2.33. The zero-order chi connectivity index (χ0) is 12.8. The number of unbranched alkanes of at least 4 members (excludes halogenated alkanes) is 1. The summed E-state index contributed by atoms with van der Waals surface area (Å²) < 4.78 is 13.5. The lowest BCUT2D eigenvalue weighted by molar-refractivity contribution is 0.0757. The average molecular weight is 238 g/mol. The second kappa shape index (κ2) is 6.23. The van der Waals surface area contributed by atoms with E-state index >= 15 is 0 Å². The lowest BCUT2D eigenvalue weighted by Crippen LogP contribution is -2.32. The highest BCUT2D eigenvalue weighted by atomic mass is 19.1. The van der Waals surface area contributed by atoms with Crippen LogP contribution in [0.15, 0.2) is 18.2 Å². The molecule has 0 unspecified atom stereocenters. The van der Waals surface area contributed by atoms with E-state index in [-0.39, 0.29) is 11.5 Å². The summed E-state index contributed by atoms with van der Waals surface area (Å²) in [6.07, 6.45) is 1.92. The Balaban J connectivity index is 2.89. The van der Waals surface area contributed by atoms with E-state index in [1.807, 2.05) is 6.92 Å². The van der Waals surface area contributed by atoms with Crippen LogP contribution in [0.25, 0.3) is 0 Å². The lowest BCUT2D eigenvalue weighted by atomic mass is 10.1. The molecule has 1 aromatic carbocycles. The van der Waals surface area contributed by atoms with Gasteiger partial charge in [0, 0.05) is 18.8 Å². The van der Waals surface area contributed by atoms with Crippen LogP contribution in [-0.4, -0.2) is 23.9 Å². The first-order valence-corrected chi connectivity index (χ1v) is 5.94. The zero-order valence-electron chi connectivity index (χ0n) is 10.4. The Hall–Kier alpha value is -1.58. The minimum absolute atomic E-state index is 0.0583. The molecule has 2 N–H and O–H groups in total. The summed E-state index contributed by atoms with van der Waals surface area (Å²) in [5, 5.41) is 0. The molecule has 17 heavy (non-hydrogen) atoms. The smallest absolute Gasteiger partial charge is 0.256 e. The van der Waals surface area contributed by atoms with Crippen molar-refractivity contribution in [2.45, 2.75) is 26.7 Å². The highest BCUT2D eigenvalue weighted by Gasteiger charge is 2.17. The molecule has 4 heteroatoms. The van der Waals surface area contributed by atoms with E-state index in [9.17, 15) is 9.18 Å². The Morgan fingerprint density at radius 2 is 2.12 bits per heavy atom. The topological polar surface area (TPSA) is 46.3 Å². The molecule has 0 spiro atoms. The van der Waals surface area contributed by atoms with Crippen LogP contribution >= 0.6 is 0 Å². The first-order chi connectivity index (χ1) is 8.10. The second-order valence-corrected chi connectivity index (χ2v) is 3.98. The fourth-order valence-electron chi connectivity index (χ4n) is 1.63. The Labute approximate surface area is 101 Å². The molecule has 1 rings (SSSR count). The third-order valence-corrected chi connectivity index (χ3v) is 2.67. The molecular formula is C13H19FN2O. The van der Waals surface area contributed by atoms with E-state index < -0.39 is 5.82 Å². The lowest BCUT2D eigenvalue weighted by Gasteiger charge is -2.21. The molecule has 1 aromatic rings. The normalized spacial score (nSPS) is 10.3. The van der Waals surface area contributed by atoms with Crippen LogP contribution in [0.2, 0.25) is 0 Å². The molecule has 3 nitrogen and oxygen atoms in total. The largest absolute Gasteiger partial charge is 0.399 e. The number of halogens is 1. The third-order valence-electron chi connectivity index (χ3n) is 2.67. The van der Waals surface area contributed by atoms with Crippen LogP contribution in [-0.2, 0) is 0 Å². The van der Waals surface area contributed by atoms with Gasteiger partial charge in [-0.2, -0.15) is 0 Å². The molecule has 0 aliphatic rings. The van der Waals surface area contributed by atoms with Gasteiger partial charge >= 0.3 is 0 Å². The fraction of sp³-hybridized carbons (Fsp3) is 0.462. The number of nitrogen functional groups attached to an aromatic ring is 1. The number of hydrogen-bond acceptors (Lipinski definition) is 2. The monoisotopic (exact) mass is 238 g/mol. The second-order valence-electron chi connectivity index (χ2n) is 3.98. The molecule has 0 aliphatic heterocycles. The van der Waals surface area contributed by atoms with Crippen molar-refractivity contribution in [3.63, 3.8) is 0 Å². The standard InChI is InChI=1S/C13H19FN2O/c1-3-5-8-16(4-2)13(17)11-9-10(15)6-7-12(11)14/h6-7,9H,3-5,8,15H2,1-2H3. The van der Waals surface area contributed by atoms with Gasteiger partial charge in [-0.15, -0.1) is 0 Å². The summed E-state index contributed by atoms with van der Waals surface area (Å²) in [5.74, 6) is -0.801. The first-order valence-electron chi connectivity index (χ1n) is 5.94. The van der Waals surface area contributed by atoms with E-state index in [0.29, 0.717) is 18.8 Å². The maximum Gasteiger partial charge on any atom is 0.256 e. The Morgan fingerprint density at radius 1 is 1.41 bits per heavy atom. The van der Waals surface area contributed by atoms with Crippen LogP contribution in [0.4, 0.5) is 10.1 Å². The Morgan fingerprint density at radius 3 is 2.71 bits per heavy atom. The van der Waals surface area contributed by atoms with Gasteiger partial charge in [-0.25, -0.2) is 4.39 Å². The molecular weight excluding hydrogens is 219 g/mol. The minimum atomic E-state index is -0.515. The van der Waals surface area contributed by atoms with E-state index in [1.165, 1.54) is 18.2 Å². The molecule has 0 bridgehead atoms. The highest BCUT2D eigenvalue weighted by Crippen LogP contribution is 2.14. The molecule has 0 aliphatic carbocycles.